The van der Waals surface area contributed by atoms with E-state index in [1.165, 1.54) is 18.2 Å². The molecule has 0 spiro atoms. The quantitative estimate of drug-likeness (QED) is 0.348. The van der Waals surface area contributed by atoms with Crippen LogP contribution in [0.3, 0.4) is 0 Å². The van der Waals surface area contributed by atoms with Gasteiger partial charge in [-0.25, -0.2) is 0 Å². The number of hydrogen-bond donors (Lipinski definition) is 3. The normalized spacial score (nSPS) is 14.2. The Morgan fingerprint density at radius 1 is 0.912 bits per heavy atom. The number of ether oxygens (including phenoxy) is 1. The summed E-state index contributed by atoms with van der Waals surface area (Å²) in [6.45, 7) is 0.513. The SMILES string of the molecule is Cc1cccc(-c2cc(COc3ccc(CO)c(CO)c3)cs2)c1C(O)(F)C(F)(F)C(F)(F)F. The van der Waals surface area contributed by atoms with Crippen molar-refractivity contribution in [1.82, 2.24) is 0 Å². The number of hydrogen-bond acceptors (Lipinski definition) is 5. The molecule has 1 aromatic heterocycles. The third-order valence-corrected chi connectivity index (χ3v) is 6.23. The largest absolute Gasteiger partial charge is 0.489 e. The number of aliphatic hydroxyl groups is 3. The number of rotatable bonds is 8. The van der Waals surface area contributed by atoms with Crippen molar-refractivity contribution in [3.05, 3.63) is 75.7 Å². The molecule has 0 aliphatic rings. The molecule has 0 aliphatic carbocycles. The van der Waals surface area contributed by atoms with Gasteiger partial charge in [0.15, 0.2) is 0 Å². The summed E-state index contributed by atoms with van der Waals surface area (Å²) in [6.07, 6.45) is -6.32. The van der Waals surface area contributed by atoms with E-state index < -0.39 is 23.5 Å². The Hall–Kier alpha value is -2.60. The van der Waals surface area contributed by atoms with Crippen LogP contribution in [0.5, 0.6) is 5.75 Å². The zero-order valence-corrected chi connectivity index (χ0v) is 18.5. The van der Waals surface area contributed by atoms with E-state index in [0.29, 0.717) is 22.4 Å². The fraction of sp³-hybridized carbons (Fsp3) is 0.304. The molecule has 0 saturated carbocycles. The van der Waals surface area contributed by atoms with Crippen molar-refractivity contribution in [2.75, 3.05) is 0 Å². The van der Waals surface area contributed by atoms with Crippen LogP contribution in [0.25, 0.3) is 10.4 Å². The van der Waals surface area contributed by atoms with Crippen molar-refractivity contribution in [2.24, 2.45) is 0 Å². The van der Waals surface area contributed by atoms with Crippen molar-refractivity contribution >= 4 is 11.3 Å². The van der Waals surface area contributed by atoms with Crippen LogP contribution in [-0.4, -0.2) is 27.4 Å². The molecule has 3 aromatic rings. The Morgan fingerprint density at radius 3 is 2.21 bits per heavy atom. The van der Waals surface area contributed by atoms with Crippen LogP contribution >= 0.6 is 11.3 Å². The van der Waals surface area contributed by atoms with Crippen molar-refractivity contribution < 1.29 is 46.4 Å². The van der Waals surface area contributed by atoms with E-state index in [2.05, 4.69) is 0 Å². The van der Waals surface area contributed by atoms with Crippen LogP contribution in [0.2, 0.25) is 0 Å². The van der Waals surface area contributed by atoms with Crippen LogP contribution in [0.1, 0.15) is 27.8 Å². The van der Waals surface area contributed by atoms with Gasteiger partial charge in [0.25, 0.3) is 0 Å². The van der Waals surface area contributed by atoms with Crippen LogP contribution < -0.4 is 4.74 Å². The number of aliphatic hydroxyl groups excluding tert-OH is 2. The Morgan fingerprint density at radius 2 is 1.59 bits per heavy atom. The minimum atomic E-state index is -6.32. The van der Waals surface area contributed by atoms with Gasteiger partial charge in [-0.05, 0) is 47.2 Å². The molecule has 3 rings (SSSR count). The predicted molar refractivity (Wildman–Crippen MR) is 113 cm³/mol. The Balaban J connectivity index is 1.91. The number of alkyl halides is 6. The highest BCUT2D eigenvalue weighted by Crippen LogP contribution is 2.52. The van der Waals surface area contributed by atoms with E-state index in [4.69, 9.17) is 4.74 Å². The van der Waals surface area contributed by atoms with E-state index >= 15 is 0 Å². The van der Waals surface area contributed by atoms with Gasteiger partial charge in [0, 0.05) is 21.6 Å². The first-order valence-corrected chi connectivity index (χ1v) is 10.7. The van der Waals surface area contributed by atoms with Gasteiger partial charge in [-0.15, -0.1) is 11.3 Å². The molecule has 4 nitrogen and oxygen atoms in total. The lowest BCUT2D eigenvalue weighted by molar-refractivity contribution is -0.379. The van der Waals surface area contributed by atoms with Crippen molar-refractivity contribution in [3.63, 3.8) is 0 Å². The maximum Gasteiger partial charge on any atom is 0.459 e. The monoisotopic (exact) mass is 506 g/mol. The topological polar surface area (TPSA) is 69.9 Å². The molecule has 0 bridgehead atoms. The highest BCUT2D eigenvalue weighted by atomic mass is 32.1. The van der Waals surface area contributed by atoms with E-state index in [1.54, 1.807) is 17.5 Å². The first-order valence-electron chi connectivity index (χ1n) is 9.83. The zero-order valence-electron chi connectivity index (χ0n) is 17.7. The molecule has 0 amide bonds. The molecular weight excluding hydrogens is 486 g/mol. The summed E-state index contributed by atoms with van der Waals surface area (Å²) in [4.78, 5) is 0.151. The molecule has 1 heterocycles. The number of halogens is 6. The minimum Gasteiger partial charge on any atom is -0.489 e. The lowest BCUT2D eigenvalue weighted by Crippen LogP contribution is -2.52. The highest BCUT2D eigenvalue weighted by Gasteiger charge is 2.72. The van der Waals surface area contributed by atoms with Crippen LogP contribution in [0.4, 0.5) is 26.3 Å². The van der Waals surface area contributed by atoms with Gasteiger partial charge in [-0.1, -0.05) is 24.3 Å². The van der Waals surface area contributed by atoms with Gasteiger partial charge in [0.1, 0.15) is 12.4 Å². The second-order valence-electron chi connectivity index (χ2n) is 7.55. The average Bonchev–Trinajstić information content (AvgIpc) is 3.25. The van der Waals surface area contributed by atoms with E-state index in [0.717, 1.165) is 30.4 Å². The van der Waals surface area contributed by atoms with Gasteiger partial charge in [0.2, 0.25) is 0 Å². The predicted octanol–water partition coefficient (Wildman–Crippen LogP) is 5.60. The maximum absolute atomic E-state index is 14.8. The Bertz CT molecular complexity index is 1160. The fourth-order valence-corrected chi connectivity index (χ4v) is 4.34. The number of aryl methyl sites for hydroxylation is 1. The second-order valence-corrected chi connectivity index (χ2v) is 8.46. The highest BCUT2D eigenvalue weighted by molar-refractivity contribution is 7.13. The van der Waals surface area contributed by atoms with Crippen molar-refractivity contribution in [2.45, 2.75) is 44.7 Å². The zero-order chi connectivity index (χ0) is 25.3. The van der Waals surface area contributed by atoms with Gasteiger partial charge >= 0.3 is 18.0 Å². The summed E-state index contributed by atoms with van der Waals surface area (Å²) in [6, 6.07) is 9.73. The van der Waals surface area contributed by atoms with Crippen molar-refractivity contribution in [3.8, 4) is 16.2 Å². The summed E-state index contributed by atoms with van der Waals surface area (Å²) in [5.41, 5.74) is -0.261. The third-order valence-electron chi connectivity index (χ3n) is 5.22. The Kier molecular flexibility index (Phi) is 7.32. The number of thiophene rings is 1. The van der Waals surface area contributed by atoms with E-state index in [9.17, 15) is 41.7 Å². The summed E-state index contributed by atoms with van der Waals surface area (Å²) in [5, 5.41) is 30.0. The second kappa shape index (κ2) is 9.57. The molecule has 0 saturated heterocycles. The molecule has 2 aromatic carbocycles. The summed E-state index contributed by atoms with van der Waals surface area (Å²) in [5.74, 6) is -10.7. The summed E-state index contributed by atoms with van der Waals surface area (Å²) < 4.78 is 86.8. The summed E-state index contributed by atoms with van der Waals surface area (Å²) >= 11 is 0.952. The fourth-order valence-electron chi connectivity index (χ4n) is 3.41. The first kappa shape index (κ1) is 26.0. The Labute approximate surface area is 194 Å². The smallest absolute Gasteiger partial charge is 0.459 e. The molecule has 11 heteroatoms. The molecule has 0 aliphatic heterocycles. The van der Waals surface area contributed by atoms with E-state index in [1.807, 2.05) is 0 Å². The molecule has 1 atom stereocenters. The molecule has 184 valence electrons. The third kappa shape index (κ3) is 4.78. The lowest BCUT2D eigenvalue weighted by Gasteiger charge is -2.32. The van der Waals surface area contributed by atoms with Crippen LogP contribution in [-0.2, 0) is 25.7 Å². The molecule has 0 fully saturated rings. The molecule has 1 unspecified atom stereocenters. The van der Waals surface area contributed by atoms with Gasteiger partial charge in [-0.2, -0.15) is 26.3 Å². The van der Waals surface area contributed by atoms with Crippen molar-refractivity contribution in [1.29, 1.82) is 0 Å². The lowest BCUT2D eigenvalue weighted by atomic mass is 9.90. The van der Waals surface area contributed by atoms with Crippen LogP contribution in [0, 0.1) is 6.92 Å². The molecule has 3 N–H and O–H groups in total. The average molecular weight is 506 g/mol. The van der Waals surface area contributed by atoms with Crippen LogP contribution in [0.15, 0.2) is 47.8 Å². The maximum atomic E-state index is 14.8. The number of benzene rings is 2. The van der Waals surface area contributed by atoms with E-state index in [-0.39, 0.29) is 35.8 Å². The van der Waals surface area contributed by atoms with Gasteiger partial charge < -0.3 is 20.1 Å². The molecule has 34 heavy (non-hydrogen) atoms. The molecule has 0 radical (unpaired) electrons. The minimum absolute atomic E-state index is 0.0282. The van der Waals surface area contributed by atoms with Gasteiger partial charge in [0.05, 0.1) is 13.2 Å². The summed E-state index contributed by atoms with van der Waals surface area (Å²) in [7, 11) is 0. The van der Waals surface area contributed by atoms with Gasteiger partial charge in [-0.3, -0.25) is 0 Å². The first-order chi connectivity index (χ1) is 15.8. The molecular formula is C23H20F6O4S. The standard InChI is InChI=1S/C23H20F6O4S/c1-13-3-2-4-18(20(13)21(24,32)22(25,26)23(27,28)29)19-7-14(12-34-19)11-33-17-6-5-15(9-30)16(8-17)10-31/h2-8,12,30-32H,9-11H2,1H3.